The van der Waals surface area contributed by atoms with E-state index in [4.69, 9.17) is 10.2 Å². The molecule has 0 spiro atoms. The summed E-state index contributed by atoms with van der Waals surface area (Å²) in [7, 11) is 0. The van der Waals surface area contributed by atoms with Crippen molar-refractivity contribution in [3.8, 4) is 0 Å². The second kappa shape index (κ2) is 4.16. The lowest BCUT2D eigenvalue weighted by atomic mass is 10.1. The van der Waals surface area contributed by atoms with E-state index in [-0.39, 0.29) is 12.2 Å². The molecule has 0 aliphatic rings. The SMILES string of the molecule is O=C(O)C[C@H](CS)C(=O)O. The first-order valence-electron chi connectivity index (χ1n) is 2.63. The summed E-state index contributed by atoms with van der Waals surface area (Å²) >= 11 is 3.69. The molecule has 0 heterocycles. The lowest BCUT2D eigenvalue weighted by molar-refractivity contribution is -0.147. The molecule has 4 nitrogen and oxygen atoms in total. The first-order chi connectivity index (χ1) is 4.57. The van der Waals surface area contributed by atoms with Crippen molar-refractivity contribution >= 4 is 24.6 Å². The first-order valence-corrected chi connectivity index (χ1v) is 3.26. The van der Waals surface area contributed by atoms with Crippen LogP contribution in [0.4, 0.5) is 0 Å². The van der Waals surface area contributed by atoms with Gasteiger partial charge in [-0.15, -0.1) is 0 Å². The second-order valence-electron chi connectivity index (χ2n) is 1.82. The Balaban J connectivity index is 3.83. The van der Waals surface area contributed by atoms with E-state index >= 15 is 0 Å². The third-order valence-electron chi connectivity index (χ3n) is 0.991. The minimum absolute atomic E-state index is 0.0572. The molecule has 10 heavy (non-hydrogen) atoms. The number of hydrogen-bond donors (Lipinski definition) is 3. The fourth-order valence-electron chi connectivity index (χ4n) is 0.441. The predicted molar refractivity (Wildman–Crippen MR) is 37.2 cm³/mol. The summed E-state index contributed by atoms with van der Waals surface area (Å²) < 4.78 is 0. The van der Waals surface area contributed by atoms with E-state index in [0.29, 0.717) is 0 Å². The average molecular weight is 164 g/mol. The quantitative estimate of drug-likeness (QED) is 0.515. The van der Waals surface area contributed by atoms with Crippen LogP contribution in [0.3, 0.4) is 0 Å². The van der Waals surface area contributed by atoms with Gasteiger partial charge in [0.05, 0.1) is 12.3 Å². The normalized spacial score (nSPS) is 12.5. The van der Waals surface area contributed by atoms with Gasteiger partial charge in [0.1, 0.15) is 0 Å². The summed E-state index contributed by atoms with van der Waals surface area (Å²) in [6, 6.07) is 0. The van der Waals surface area contributed by atoms with E-state index in [1.165, 1.54) is 0 Å². The summed E-state index contributed by atoms with van der Waals surface area (Å²) in [5, 5.41) is 16.5. The summed E-state index contributed by atoms with van der Waals surface area (Å²) in [5.74, 6) is -3.04. The molecule has 0 saturated carbocycles. The Morgan fingerprint density at radius 3 is 2.00 bits per heavy atom. The molecule has 2 N–H and O–H groups in total. The Labute approximate surface area is 63.3 Å². The zero-order valence-corrected chi connectivity index (χ0v) is 6.04. The molecule has 0 amide bonds. The van der Waals surface area contributed by atoms with Crippen molar-refractivity contribution in [2.75, 3.05) is 5.75 Å². The molecule has 0 unspecified atom stereocenters. The van der Waals surface area contributed by atoms with E-state index in [1.54, 1.807) is 0 Å². The van der Waals surface area contributed by atoms with Gasteiger partial charge in [0.15, 0.2) is 0 Å². The topological polar surface area (TPSA) is 74.6 Å². The maximum absolute atomic E-state index is 10.2. The van der Waals surface area contributed by atoms with E-state index in [2.05, 4.69) is 12.6 Å². The van der Waals surface area contributed by atoms with Crippen molar-refractivity contribution in [1.29, 1.82) is 0 Å². The largest absolute Gasteiger partial charge is 0.481 e. The number of carboxylic acids is 2. The van der Waals surface area contributed by atoms with Crippen LogP contribution in [-0.2, 0) is 9.59 Å². The Kier molecular flexibility index (Phi) is 3.87. The van der Waals surface area contributed by atoms with Gasteiger partial charge >= 0.3 is 11.9 Å². The fraction of sp³-hybridized carbons (Fsp3) is 0.600. The molecule has 0 aliphatic carbocycles. The van der Waals surface area contributed by atoms with Crippen LogP contribution >= 0.6 is 12.6 Å². The third kappa shape index (κ3) is 3.34. The van der Waals surface area contributed by atoms with Crippen LogP contribution in [0.2, 0.25) is 0 Å². The molecule has 0 bridgehead atoms. The lowest BCUT2D eigenvalue weighted by Crippen LogP contribution is -2.18. The first kappa shape index (κ1) is 9.29. The molecule has 0 aromatic carbocycles. The van der Waals surface area contributed by atoms with Crippen molar-refractivity contribution in [2.24, 2.45) is 5.92 Å². The number of carboxylic acid groups (broad SMARTS) is 2. The molecule has 0 aliphatic heterocycles. The number of aliphatic carboxylic acids is 2. The monoisotopic (exact) mass is 164 g/mol. The van der Waals surface area contributed by atoms with Gasteiger partial charge in [-0.25, -0.2) is 0 Å². The Bertz CT molecular complexity index is 145. The summed E-state index contributed by atoms with van der Waals surface area (Å²) in [5.41, 5.74) is 0. The molecular weight excluding hydrogens is 156 g/mol. The van der Waals surface area contributed by atoms with Crippen molar-refractivity contribution in [3.05, 3.63) is 0 Å². The summed E-state index contributed by atoms with van der Waals surface area (Å²) in [6.07, 6.45) is -0.362. The zero-order valence-electron chi connectivity index (χ0n) is 5.15. The molecular formula is C5H8O4S. The van der Waals surface area contributed by atoms with Gasteiger partial charge in [-0.3, -0.25) is 9.59 Å². The molecule has 0 aromatic heterocycles. The number of rotatable bonds is 4. The van der Waals surface area contributed by atoms with Gasteiger partial charge in [0.2, 0.25) is 0 Å². The highest BCUT2D eigenvalue weighted by Crippen LogP contribution is 2.04. The van der Waals surface area contributed by atoms with Crippen LogP contribution in [-0.4, -0.2) is 27.9 Å². The van der Waals surface area contributed by atoms with Crippen LogP contribution < -0.4 is 0 Å². The van der Waals surface area contributed by atoms with Gasteiger partial charge in [-0.05, 0) is 0 Å². The summed E-state index contributed by atoms with van der Waals surface area (Å²) in [4.78, 5) is 20.1. The second-order valence-corrected chi connectivity index (χ2v) is 2.18. The van der Waals surface area contributed by atoms with Gasteiger partial charge < -0.3 is 10.2 Å². The molecule has 0 radical (unpaired) electrons. The standard InChI is InChI=1S/C5H8O4S/c6-4(7)1-3(2-10)5(8)9/h3,10H,1-2H2,(H,6,7)(H,8,9)/t3-/m1/s1. The predicted octanol–water partition coefficient (Wildman–Crippen LogP) is 0.0917. The highest BCUT2D eigenvalue weighted by molar-refractivity contribution is 7.80. The maximum atomic E-state index is 10.2. The third-order valence-corrected chi connectivity index (χ3v) is 1.43. The summed E-state index contributed by atoms with van der Waals surface area (Å²) in [6.45, 7) is 0. The molecule has 1 atom stereocenters. The highest BCUT2D eigenvalue weighted by atomic mass is 32.1. The van der Waals surface area contributed by atoms with Crippen molar-refractivity contribution < 1.29 is 19.8 Å². The average Bonchev–Trinajstić information content (AvgIpc) is 1.81. The van der Waals surface area contributed by atoms with Crippen LogP contribution in [0.15, 0.2) is 0 Å². The van der Waals surface area contributed by atoms with Gasteiger partial charge in [0, 0.05) is 5.75 Å². The minimum Gasteiger partial charge on any atom is -0.481 e. The minimum atomic E-state index is -1.11. The van der Waals surface area contributed by atoms with E-state index in [0.717, 1.165) is 0 Å². The molecule has 5 heteroatoms. The van der Waals surface area contributed by atoms with Crippen molar-refractivity contribution in [2.45, 2.75) is 6.42 Å². The number of carbonyl (C=O) groups is 2. The highest BCUT2D eigenvalue weighted by Gasteiger charge is 2.18. The van der Waals surface area contributed by atoms with E-state index in [1.807, 2.05) is 0 Å². The zero-order chi connectivity index (χ0) is 8.15. The van der Waals surface area contributed by atoms with E-state index in [9.17, 15) is 9.59 Å². The molecule has 0 saturated heterocycles. The van der Waals surface area contributed by atoms with Crippen LogP contribution in [0.5, 0.6) is 0 Å². The molecule has 58 valence electrons. The van der Waals surface area contributed by atoms with Crippen LogP contribution in [0, 0.1) is 5.92 Å². The smallest absolute Gasteiger partial charge is 0.307 e. The van der Waals surface area contributed by atoms with Gasteiger partial charge in [-0.1, -0.05) is 0 Å². The van der Waals surface area contributed by atoms with Gasteiger partial charge in [-0.2, -0.15) is 12.6 Å². The van der Waals surface area contributed by atoms with E-state index < -0.39 is 17.9 Å². The van der Waals surface area contributed by atoms with Crippen molar-refractivity contribution in [1.82, 2.24) is 0 Å². The molecule has 0 fully saturated rings. The van der Waals surface area contributed by atoms with Crippen LogP contribution in [0.1, 0.15) is 6.42 Å². The van der Waals surface area contributed by atoms with Crippen molar-refractivity contribution in [3.63, 3.8) is 0 Å². The number of thiol groups is 1. The fourth-order valence-corrected chi connectivity index (χ4v) is 0.726. The van der Waals surface area contributed by atoms with Crippen LogP contribution in [0.25, 0.3) is 0 Å². The molecule has 0 rings (SSSR count). The Morgan fingerprint density at radius 2 is 1.90 bits per heavy atom. The number of hydrogen-bond acceptors (Lipinski definition) is 3. The lowest BCUT2D eigenvalue weighted by Gasteiger charge is -2.03. The Morgan fingerprint density at radius 1 is 1.40 bits per heavy atom. The van der Waals surface area contributed by atoms with Gasteiger partial charge in [0.25, 0.3) is 0 Å². The Hall–Kier alpha value is -0.710. The maximum Gasteiger partial charge on any atom is 0.307 e. The molecule has 0 aromatic rings.